The minimum absolute atomic E-state index is 0.216. The maximum atomic E-state index is 12.6. The summed E-state index contributed by atoms with van der Waals surface area (Å²) in [6.45, 7) is 0. The van der Waals surface area contributed by atoms with Crippen LogP contribution < -0.4 is 33.7 Å². The minimum atomic E-state index is -0.216. The molecule has 0 fully saturated rings. The average Bonchev–Trinajstić information content (AvgIpc) is 2.94. The van der Waals surface area contributed by atoms with Crippen LogP contribution in [0.25, 0.3) is 0 Å². The molecule has 0 bridgehead atoms. The molecule has 0 unspecified atom stereocenters. The molecule has 0 aliphatic rings. The van der Waals surface area contributed by atoms with Gasteiger partial charge >= 0.3 is 0 Å². The molecular weight excluding hydrogens is 510 g/mol. The summed E-state index contributed by atoms with van der Waals surface area (Å²) in [7, 11) is 9.42. The molecule has 0 aliphatic carbocycles. The van der Waals surface area contributed by atoms with Crippen molar-refractivity contribution in [2.75, 3.05) is 48.0 Å². The highest BCUT2D eigenvalue weighted by molar-refractivity contribution is 6.32. The highest BCUT2D eigenvalue weighted by Crippen LogP contribution is 2.40. The summed E-state index contributed by atoms with van der Waals surface area (Å²) in [6, 6.07) is 12.6. The van der Waals surface area contributed by atoms with Gasteiger partial charge in [0.25, 0.3) is 0 Å². The Morgan fingerprint density at radius 1 is 0.711 bits per heavy atom. The molecule has 0 aliphatic heterocycles. The molecule has 0 aromatic heterocycles. The van der Waals surface area contributed by atoms with Gasteiger partial charge in [-0.05, 0) is 66.4 Å². The van der Waals surface area contributed by atoms with Crippen LogP contribution in [-0.4, -0.2) is 48.4 Å². The third-order valence-electron chi connectivity index (χ3n) is 5.88. The highest BCUT2D eigenvalue weighted by Gasteiger charge is 2.15. The van der Waals surface area contributed by atoms with Crippen molar-refractivity contribution in [3.8, 4) is 34.5 Å². The van der Waals surface area contributed by atoms with Gasteiger partial charge in [0, 0.05) is 17.8 Å². The van der Waals surface area contributed by atoms with Crippen molar-refractivity contribution < 1.29 is 33.2 Å². The first kappa shape index (κ1) is 28.5. The molecule has 3 aromatic carbocycles. The van der Waals surface area contributed by atoms with E-state index in [0.29, 0.717) is 63.6 Å². The van der Waals surface area contributed by atoms with Gasteiger partial charge in [0.15, 0.2) is 28.8 Å². The Labute approximate surface area is 228 Å². The van der Waals surface area contributed by atoms with Gasteiger partial charge in [-0.15, -0.1) is 0 Å². The van der Waals surface area contributed by atoms with Crippen molar-refractivity contribution in [1.82, 2.24) is 0 Å². The van der Waals surface area contributed by atoms with Crippen LogP contribution in [0.4, 0.5) is 5.69 Å². The van der Waals surface area contributed by atoms with E-state index in [1.807, 2.05) is 24.3 Å². The van der Waals surface area contributed by atoms with Crippen LogP contribution in [0.1, 0.15) is 21.5 Å². The fraction of sp³-hybridized carbons (Fsp3) is 0.276. The first-order valence-corrected chi connectivity index (χ1v) is 12.1. The van der Waals surface area contributed by atoms with Crippen molar-refractivity contribution in [1.29, 1.82) is 0 Å². The van der Waals surface area contributed by atoms with Gasteiger partial charge in [-0.3, -0.25) is 4.79 Å². The standard InChI is InChI=1S/C29H32ClNO7/c1-33-24-10-9-20(17-21(24)30)23(32)11-12-31-22-13-18(14-25(34-2)28(22)37-5)7-8-19-15-26(35-3)29(38-6)27(16-19)36-4/h9-17,31H,7-8H2,1-6H3/b12-11-. The molecule has 0 atom stereocenters. The normalized spacial score (nSPS) is 10.7. The number of benzene rings is 3. The van der Waals surface area contributed by atoms with Crippen LogP contribution in [0.2, 0.25) is 5.02 Å². The summed E-state index contributed by atoms with van der Waals surface area (Å²) in [5, 5.41) is 3.51. The van der Waals surface area contributed by atoms with E-state index in [4.69, 9.17) is 40.0 Å². The number of ether oxygens (including phenoxy) is 6. The predicted molar refractivity (Wildman–Crippen MR) is 148 cm³/mol. The van der Waals surface area contributed by atoms with E-state index in [9.17, 15) is 4.79 Å². The van der Waals surface area contributed by atoms with Crippen LogP contribution in [0.5, 0.6) is 34.5 Å². The maximum Gasteiger partial charge on any atom is 0.203 e. The third kappa shape index (κ3) is 6.63. The van der Waals surface area contributed by atoms with Gasteiger partial charge in [0.2, 0.25) is 5.75 Å². The number of allylic oxidation sites excluding steroid dienone is 1. The Bertz CT molecular complexity index is 1280. The molecule has 3 rings (SSSR count). The number of rotatable bonds is 13. The summed E-state index contributed by atoms with van der Waals surface area (Å²) < 4.78 is 32.6. The van der Waals surface area contributed by atoms with E-state index in [-0.39, 0.29) is 5.78 Å². The molecule has 0 radical (unpaired) electrons. The number of halogens is 1. The fourth-order valence-corrected chi connectivity index (χ4v) is 4.22. The Morgan fingerprint density at radius 2 is 1.24 bits per heavy atom. The number of anilines is 1. The van der Waals surface area contributed by atoms with Gasteiger partial charge in [-0.2, -0.15) is 0 Å². The largest absolute Gasteiger partial charge is 0.495 e. The second-order valence-electron chi connectivity index (χ2n) is 8.10. The highest BCUT2D eigenvalue weighted by atomic mass is 35.5. The molecule has 0 saturated heterocycles. The smallest absolute Gasteiger partial charge is 0.203 e. The van der Waals surface area contributed by atoms with Crippen molar-refractivity contribution in [3.63, 3.8) is 0 Å². The van der Waals surface area contributed by atoms with Crippen LogP contribution in [0.15, 0.2) is 54.7 Å². The molecular formula is C29H32ClNO7. The van der Waals surface area contributed by atoms with E-state index in [2.05, 4.69) is 5.32 Å². The number of carbonyl (C=O) groups is 1. The van der Waals surface area contributed by atoms with Crippen LogP contribution in [-0.2, 0) is 12.8 Å². The molecule has 202 valence electrons. The molecule has 0 amide bonds. The zero-order valence-electron chi connectivity index (χ0n) is 22.3. The van der Waals surface area contributed by atoms with E-state index in [0.717, 1.165) is 11.1 Å². The quantitative estimate of drug-likeness (QED) is 0.209. The van der Waals surface area contributed by atoms with Gasteiger partial charge < -0.3 is 33.7 Å². The number of nitrogens with one attached hydrogen (secondary N) is 1. The monoisotopic (exact) mass is 541 g/mol. The zero-order valence-corrected chi connectivity index (χ0v) is 23.1. The number of ketones is 1. The molecule has 0 spiro atoms. The first-order chi connectivity index (χ1) is 18.4. The van der Waals surface area contributed by atoms with Gasteiger partial charge in [0.05, 0.1) is 53.4 Å². The number of aryl methyl sites for hydroxylation is 2. The van der Waals surface area contributed by atoms with Crippen molar-refractivity contribution >= 4 is 23.1 Å². The fourth-order valence-electron chi connectivity index (χ4n) is 3.96. The van der Waals surface area contributed by atoms with E-state index < -0.39 is 0 Å². The van der Waals surface area contributed by atoms with Gasteiger partial charge in [-0.25, -0.2) is 0 Å². The zero-order chi connectivity index (χ0) is 27.7. The SMILES string of the molecule is COc1ccc(C(=O)/C=C\Nc2cc(CCc3cc(OC)c(OC)c(OC)c3)cc(OC)c2OC)cc1Cl. The van der Waals surface area contributed by atoms with Crippen LogP contribution in [0, 0.1) is 0 Å². The van der Waals surface area contributed by atoms with Crippen LogP contribution in [0.3, 0.4) is 0 Å². The molecule has 1 N–H and O–H groups in total. The first-order valence-electron chi connectivity index (χ1n) is 11.7. The van der Waals surface area contributed by atoms with Crippen LogP contribution >= 0.6 is 11.6 Å². The number of carbonyl (C=O) groups excluding carboxylic acids is 1. The summed E-state index contributed by atoms with van der Waals surface area (Å²) >= 11 is 6.15. The van der Waals surface area contributed by atoms with E-state index >= 15 is 0 Å². The minimum Gasteiger partial charge on any atom is -0.495 e. The average molecular weight is 542 g/mol. The molecule has 9 heteroatoms. The van der Waals surface area contributed by atoms with E-state index in [1.54, 1.807) is 59.9 Å². The molecule has 3 aromatic rings. The Morgan fingerprint density at radius 3 is 1.74 bits per heavy atom. The lowest BCUT2D eigenvalue weighted by Crippen LogP contribution is -2.02. The second kappa shape index (κ2) is 13.5. The third-order valence-corrected chi connectivity index (χ3v) is 6.17. The van der Waals surface area contributed by atoms with Crippen molar-refractivity contribution in [2.24, 2.45) is 0 Å². The van der Waals surface area contributed by atoms with Gasteiger partial charge in [-0.1, -0.05) is 11.6 Å². The summed E-state index contributed by atoms with van der Waals surface area (Å²) in [4.78, 5) is 12.6. The number of methoxy groups -OCH3 is 6. The predicted octanol–water partition coefficient (Wildman–Crippen LogP) is 5.99. The molecule has 0 heterocycles. The lowest BCUT2D eigenvalue weighted by Gasteiger charge is -2.16. The lowest BCUT2D eigenvalue weighted by molar-refractivity contribution is 0.104. The summed E-state index contributed by atoms with van der Waals surface area (Å²) in [6.07, 6.45) is 4.38. The Kier molecular flexibility index (Phi) is 10.1. The molecule has 8 nitrogen and oxygen atoms in total. The Balaban J connectivity index is 1.81. The second-order valence-corrected chi connectivity index (χ2v) is 8.51. The summed E-state index contributed by atoms with van der Waals surface area (Å²) in [5.74, 6) is 3.13. The van der Waals surface area contributed by atoms with Crippen molar-refractivity contribution in [2.45, 2.75) is 12.8 Å². The van der Waals surface area contributed by atoms with E-state index in [1.165, 1.54) is 13.2 Å². The molecule has 38 heavy (non-hydrogen) atoms. The number of hydrogen-bond acceptors (Lipinski definition) is 8. The molecule has 0 saturated carbocycles. The maximum absolute atomic E-state index is 12.6. The summed E-state index contributed by atoms with van der Waals surface area (Å²) in [5.41, 5.74) is 3.12. The van der Waals surface area contributed by atoms with Gasteiger partial charge in [0.1, 0.15) is 5.75 Å². The Hall–Kier alpha value is -4.04. The number of hydrogen-bond donors (Lipinski definition) is 1. The van der Waals surface area contributed by atoms with Crippen molar-refractivity contribution in [3.05, 3.63) is 76.5 Å². The lowest BCUT2D eigenvalue weighted by atomic mass is 10.0. The topological polar surface area (TPSA) is 84.5 Å².